The molecule has 1 atom stereocenters. The molecule has 9 heteroatoms. The van der Waals surface area contributed by atoms with Crippen LogP contribution in [0.5, 0.6) is 0 Å². The summed E-state index contributed by atoms with van der Waals surface area (Å²) in [5.41, 5.74) is 1.85. The van der Waals surface area contributed by atoms with E-state index in [9.17, 15) is 14.3 Å². The summed E-state index contributed by atoms with van der Waals surface area (Å²) in [5.74, 6) is 0.895. The number of halogens is 1. The van der Waals surface area contributed by atoms with Crippen molar-refractivity contribution in [1.82, 2.24) is 19.2 Å². The third-order valence-corrected chi connectivity index (χ3v) is 5.98. The Bertz CT molecular complexity index is 1120. The first-order valence-electron chi connectivity index (χ1n) is 10.9. The number of anilines is 2. The maximum absolute atomic E-state index is 14.5. The van der Waals surface area contributed by atoms with Crippen LogP contribution < -0.4 is 15.8 Å². The summed E-state index contributed by atoms with van der Waals surface area (Å²) >= 11 is 0. The third-order valence-electron chi connectivity index (χ3n) is 5.98. The molecule has 1 fully saturated rings. The second-order valence-corrected chi connectivity index (χ2v) is 8.05. The number of rotatable bonds is 7. The number of fused-ring (bicyclic) bond motifs is 1. The van der Waals surface area contributed by atoms with Crippen LogP contribution >= 0.6 is 0 Å². The molecule has 0 unspecified atom stereocenters. The minimum absolute atomic E-state index is 0.0703. The monoisotopic (exact) mass is 428 g/mol. The number of aromatic nitrogens is 4. The van der Waals surface area contributed by atoms with Crippen molar-refractivity contribution in [2.24, 2.45) is 7.05 Å². The second kappa shape index (κ2) is 9.05. The fourth-order valence-electron chi connectivity index (χ4n) is 4.30. The lowest BCUT2D eigenvalue weighted by atomic mass is 9.99. The normalized spacial score (nSPS) is 16.8. The predicted molar refractivity (Wildman–Crippen MR) is 118 cm³/mol. The van der Waals surface area contributed by atoms with Gasteiger partial charge in [0.1, 0.15) is 11.6 Å². The van der Waals surface area contributed by atoms with Gasteiger partial charge >= 0.3 is 0 Å². The van der Waals surface area contributed by atoms with Crippen LogP contribution in [0.4, 0.5) is 16.0 Å². The molecule has 2 N–H and O–H groups in total. The molecule has 3 aromatic heterocycles. The van der Waals surface area contributed by atoms with Crippen LogP contribution in [-0.4, -0.2) is 43.5 Å². The standard InChI is InChI=1S/C22H29FN6O2/c1-3-17-21(23)26-29-18(24-13-15-7-8-20(31)27(2)14-15)12-19(25-22(17)29)28-10-5-4-6-16(28)9-11-30/h7-8,12,14,16,24,30H,3-6,9-11,13H2,1-2H3/t16-/m0/s1. The van der Waals surface area contributed by atoms with Crippen molar-refractivity contribution in [3.8, 4) is 0 Å². The first kappa shape index (κ1) is 21.3. The van der Waals surface area contributed by atoms with Gasteiger partial charge in [0.05, 0.1) is 5.56 Å². The highest BCUT2D eigenvalue weighted by Crippen LogP contribution is 2.29. The molecule has 0 saturated carbocycles. The van der Waals surface area contributed by atoms with Crippen molar-refractivity contribution >= 4 is 17.3 Å². The number of aliphatic hydroxyl groups excluding tert-OH is 1. The number of nitrogens with one attached hydrogen (secondary N) is 1. The van der Waals surface area contributed by atoms with E-state index in [1.54, 1.807) is 19.3 Å². The molecule has 1 aliphatic heterocycles. The SMILES string of the molecule is CCc1c(F)nn2c(NCc3ccc(=O)n(C)c3)cc(N3CCCC[C@H]3CCO)nc12. The minimum Gasteiger partial charge on any atom is -0.396 e. The lowest BCUT2D eigenvalue weighted by Gasteiger charge is -2.36. The van der Waals surface area contributed by atoms with Crippen molar-refractivity contribution in [2.75, 3.05) is 23.4 Å². The highest BCUT2D eigenvalue weighted by Gasteiger charge is 2.25. The molecule has 1 aliphatic rings. The summed E-state index contributed by atoms with van der Waals surface area (Å²) in [6, 6.07) is 5.41. The van der Waals surface area contributed by atoms with Gasteiger partial charge in [0.15, 0.2) is 5.65 Å². The zero-order valence-electron chi connectivity index (χ0n) is 18.0. The molecule has 3 aromatic rings. The first-order chi connectivity index (χ1) is 15.0. The molecule has 1 saturated heterocycles. The van der Waals surface area contributed by atoms with Crippen molar-refractivity contribution in [3.05, 3.63) is 51.8 Å². The van der Waals surface area contributed by atoms with E-state index in [1.165, 1.54) is 15.1 Å². The van der Waals surface area contributed by atoms with E-state index in [2.05, 4.69) is 15.3 Å². The molecule has 8 nitrogen and oxygen atoms in total. The van der Waals surface area contributed by atoms with E-state index >= 15 is 0 Å². The molecule has 166 valence electrons. The van der Waals surface area contributed by atoms with Crippen molar-refractivity contribution in [1.29, 1.82) is 0 Å². The Labute approximate surface area is 180 Å². The summed E-state index contributed by atoms with van der Waals surface area (Å²) in [5, 5.41) is 16.9. The van der Waals surface area contributed by atoms with Crippen LogP contribution in [0.3, 0.4) is 0 Å². The number of hydrogen-bond donors (Lipinski definition) is 2. The van der Waals surface area contributed by atoms with Crippen molar-refractivity contribution in [2.45, 2.75) is 51.6 Å². The van der Waals surface area contributed by atoms with Crippen molar-refractivity contribution < 1.29 is 9.50 Å². The lowest BCUT2D eigenvalue weighted by Crippen LogP contribution is -2.40. The van der Waals surface area contributed by atoms with Crippen LogP contribution in [0.1, 0.15) is 43.7 Å². The first-order valence-corrected chi connectivity index (χ1v) is 10.9. The molecule has 0 aliphatic carbocycles. The highest BCUT2D eigenvalue weighted by atomic mass is 19.1. The van der Waals surface area contributed by atoms with E-state index in [1.807, 2.05) is 13.0 Å². The Kier molecular flexibility index (Phi) is 6.22. The number of aliphatic hydroxyl groups is 1. The Morgan fingerprint density at radius 1 is 1.32 bits per heavy atom. The van der Waals surface area contributed by atoms with E-state index in [-0.39, 0.29) is 18.2 Å². The molecule has 0 amide bonds. The minimum atomic E-state index is -0.511. The van der Waals surface area contributed by atoms with Gasteiger partial charge in [-0.1, -0.05) is 13.0 Å². The summed E-state index contributed by atoms with van der Waals surface area (Å²) < 4.78 is 17.6. The summed E-state index contributed by atoms with van der Waals surface area (Å²) in [6.07, 6.45) is 6.14. The molecule has 4 rings (SSSR count). The predicted octanol–water partition coefficient (Wildman–Crippen LogP) is 2.48. The maximum atomic E-state index is 14.5. The quantitative estimate of drug-likeness (QED) is 0.601. The smallest absolute Gasteiger partial charge is 0.250 e. The largest absolute Gasteiger partial charge is 0.396 e. The maximum Gasteiger partial charge on any atom is 0.250 e. The molecule has 0 bridgehead atoms. The zero-order chi connectivity index (χ0) is 22.0. The van der Waals surface area contributed by atoms with E-state index in [4.69, 9.17) is 4.98 Å². The molecule has 0 aromatic carbocycles. The summed E-state index contributed by atoms with van der Waals surface area (Å²) in [7, 11) is 1.71. The fraction of sp³-hybridized carbons (Fsp3) is 0.500. The zero-order valence-corrected chi connectivity index (χ0v) is 18.0. The second-order valence-electron chi connectivity index (χ2n) is 8.05. The molecule has 31 heavy (non-hydrogen) atoms. The van der Waals surface area contributed by atoms with Crippen molar-refractivity contribution in [3.63, 3.8) is 0 Å². The van der Waals surface area contributed by atoms with Gasteiger partial charge in [-0.25, -0.2) is 4.98 Å². The summed E-state index contributed by atoms with van der Waals surface area (Å²) in [6.45, 7) is 3.33. The van der Waals surface area contributed by atoms with Gasteiger partial charge in [0, 0.05) is 51.1 Å². The number of pyridine rings is 1. The Morgan fingerprint density at radius 2 is 2.16 bits per heavy atom. The molecule has 0 spiro atoms. The van der Waals surface area contributed by atoms with Crippen LogP contribution in [0.25, 0.3) is 5.65 Å². The average molecular weight is 429 g/mol. The van der Waals surface area contributed by atoms with E-state index in [0.717, 1.165) is 37.2 Å². The molecular formula is C22H29FN6O2. The number of nitrogens with zero attached hydrogens (tertiary/aromatic N) is 5. The van der Waals surface area contributed by atoms with Gasteiger partial charge in [-0.15, -0.1) is 5.10 Å². The lowest BCUT2D eigenvalue weighted by molar-refractivity contribution is 0.262. The van der Waals surface area contributed by atoms with Gasteiger partial charge in [-0.2, -0.15) is 8.91 Å². The van der Waals surface area contributed by atoms with Gasteiger partial charge in [0.2, 0.25) is 11.5 Å². The fourth-order valence-corrected chi connectivity index (χ4v) is 4.30. The number of piperidine rings is 1. The Morgan fingerprint density at radius 3 is 2.90 bits per heavy atom. The Hall–Kier alpha value is -2.94. The van der Waals surface area contributed by atoms with Crippen LogP contribution in [-0.2, 0) is 20.0 Å². The van der Waals surface area contributed by atoms with Gasteiger partial charge in [-0.05, 0) is 37.7 Å². The van der Waals surface area contributed by atoms with Crippen LogP contribution in [0.15, 0.2) is 29.2 Å². The topological polar surface area (TPSA) is 87.7 Å². The van der Waals surface area contributed by atoms with Crippen LogP contribution in [0.2, 0.25) is 0 Å². The Balaban J connectivity index is 1.73. The third kappa shape index (κ3) is 4.27. The van der Waals surface area contributed by atoms with E-state index < -0.39 is 5.95 Å². The number of hydrogen-bond acceptors (Lipinski definition) is 6. The van der Waals surface area contributed by atoms with Gasteiger partial charge in [0.25, 0.3) is 0 Å². The number of aryl methyl sites for hydroxylation is 2. The average Bonchev–Trinajstić information content (AvgIpc) is 3.10. The summed E-state index contributed by atoms with van der Waals surface area (Å²) in [4.78, 5) is 18.7. The molecule has 4 heterocycles. The molecule has 0 radical (unpaired) electrons. The highest BCUT2D eigenvalue weighted by molar-refractivity contribution is 5.61. The van der Waals surface area contributed by atoms with Crippen LogP contribution in [0, 0.1) is 5.95 Å². The van der Waals surface area contributed by atoms with E-state index in [0.29, 0.717) is 36.4 Å². The van der Waals surface area contributed by atoms with Gasteiger partial charge in [-0.3, -0.25) is 4.79 Å². The molecular weight excluding hydrogens is 399 g/mol. The van der Waals surface area contributed by atoms with Gasteiger partial charge < -0.3 is 19.9 Å².